The van der Waals surface area contributed by atoms with E-state index in [4.69, 9.17) is 21.4 Å². The number of pyridine rings is 1. The Morgan fingerprint density at radius 3 is 2.57 bits per heavy atom. The number of ether oxygens (including phenoxy) is 1. The maximum atomic E-state index is 13.7. The van der Waals surface area contributed by atoms with E-state index < -0.39 is 26.9 Å². The van der Waals surface area contributed by atoms with Crippen LogP contribution in [0, 0.1) is 0 Å². The summed E-state index contributed by atoms with van der Waals surface area (Å²) in [6.45, 7) is 6.99. The molecule has 1 N–H and O–H groups in total. The second-order valence-electron chi connectivity index (χ2n) is 7.99. The number of amides is 1. The van der Waals surface area contributed by atoms with Crippen LogP contribution in [0.3, 0.4) is 0 Å². The quantitative estimate of drug-likeness (QED) is 0.591. The monoisotopic (exact) mass is 456 g/mol. The summed E-state index contributed by atoms with van der Waals surface area (Å²) in [6, 6.07) is 4.86. The minimum Gasteiger partial charge on any atom is -0.444 e. The van der Waals surface area contributed by atoms with Gasteiger partial charge < -0.3 is 9.84 Å². The van der Waals surface area contributed by atoms with Gasteiger partial charge in [-0.15, -0.1) is 0 Å². The lowest BCUT2D eigenvalue weighted by molar-refractivity contribution is 0.0212. The molecule has 0 spiro atoms. The summed E-state index contributed by atoms with van der Waals surface area (Å²) < 4.78 is 32.9. The van der Waals surface area contributed by atoms with Crippen LogP contribution in [0.5, 0.6) is 0 Å². The highest BCUT2D eigenvalue weighted by atomic mass is 35.5. The number of sulfone groups is 1. The van der Waals surface area contributed by atoms with Gasteiger partial charge in [-0.2, -0.15) is 0 Å². The molecule has 0 bridgehead atoms. The zero-order valence-corrected chi connectivity index (χ0v) is 19.3. The molecule has 30 heavy (non-hydrogen) atoms. The number of rotatable bonds is 8. The molecule has 0 aliphatic rings. The summed E-state index contributed by atoms with van der Waals surface area (Å²) in [4.78, 5) is 18.2. The van der Waals surface area contributed by atoms with E-state index >= 15 is 0 Å². The molecule has 0 radical (unpaired) electrons. The van der Waals surface area contributed by atoms with Crippen LogP contribution in [-0.2, 0) is 14.6 Å². The topological polar surface area (TPSA) is 96.8 Å². The lowest BCUT2D eigenvalue weighted by atomic mass is 10.2. The third-order valence-electron chi connectivity index (χ3n) is 4.50. The molecule has 2 rings (SSSR count). The van der Waals surface area contributed by atoms with E-state index in [0.29, 0.717) is 23.6 Å². The molecule has 166 valence electrons. The molecule has 1 aromatic carbocycles. The first-order valence-electron chi connectivity index (χ1n) is 9.89. The molecular weight excluding hydrogens is 428 g/mol. The molecule has 0 saturated heterocycles. The maximum Gasteiger partial charge on any atom is 0.411 e. The normalized spacial score (nSPS) is 13.3. The molecule has 7 nitrogen and oxygen atoms in total. The molecule has 2 aromatic rings. The minimum atomic E-state index is -3.99. The molecule has 0 aliphatic carbocycles. The zero-order valence-electron chi connectivity index (χ0n) is 17.8. The Kier molecular flexibility index (Phi) is 8.07. The van der Waals surface area contributed by atoms with E-state index in [1.807, 2.05) is 0 Å². The van der Waals surface area contributed by atoms with Crippen molar-refractivity contribution in [2.45, 2.75) is 62.8 Å². The summed E-state index contributed by atoms with van der Waals surface area (Å²) in [7, 11) is -3.99. The van der Waals surface area contributed by atoms with Gasteiger partial charge in [0.1, 0.15) is 11.0 Å². The van der Waals surface area contributed by atoms with Crippen molar-refractivity contribution in [3.05, 3.63) is 35.6 Å². The fourth-order valence-electron chi connectivity index (χ4n) is 3.22. The maximum absolute atomic E-state index is 13.7. The fraction of sp³-hybridized carbons (Fsp3) is 0.524. The van der Waals surface area contributed by atoms with Gasteiger partial charge in [0.15, 0.2) is 9.84 Å². The number of halogens is 1. The van der Waals surface area contributed by atoms with Gasteiger partial charge in [0, 0.05) is 36.3 Å². The van der Waals surface area contributed by atoms with E-state index in [9.17, 15) is 13.2 Å². The van der Waals surface area contributed by atoms with Crippen LogP contribution in [0.1, 0.15) is 47.0 Å². The second kappa shape index (κ2) is 9.94. The Labute approximate surface area is 182 Å². The van der Waals surface area contributed by atoms with Crippen LogP contribution in [0.4, 0.5) is 4.79 Å². The zero-order chi connectivity index (χ0) is 22.5. The molecule has 0 unspecified atom stereocenters. The van der Waals surface area contributed by atoms with Crippen LogP contribution in [0.15, 0.2) is 35.5 Å². The average molecular weight is 457 g/mol. The predicted octanol–water partition coefficient (Wildman–Crippen LogP) is 4.41. The first-order chi connectivity index (χ1) is 14.0. The molecule has 1 amide bonds. The summed E-state index contributed by atoms with van der Waals surface area (Å²) in [5.74, 6) is 0. The number of hydrogen-bond donors (Lipinski definition) is 1. The summed E-state index contributed by atoms with van der Waals surface area (Å²) in [5.41, 5.74) is -0.775. The van der Waals surface area contributed by atoms with Gasteiger partial charge in [0.2, 0.25) is 0 Å². The van der Waals surface area contributed by atoms with Crippen LogP contribution in [0.2, 0.25) is 5.02 Å². The van der Waals surface area contributed by atoms with Gasteiger partial charge in [-0.3, -0.25) is 9.88 Å². The predicted molar refractivity (Wildman–Crippen MR) is 117 cm³/mol. The third kappa shape index (κ3) is 5.62. The van der Waals surface area contributed by atoms with Gasteiger partial charge in [-0.25, -0.2) is 13.2 Å². The van der Waals surface area contributed by atoms with Crippen LogP contribution < -0.4 is 0 Å². The van der Waals surface area contributed by atoms with Gasteiger partial charge in [-0.1, -0.05) is 30.7 Å². The van der Waals surface area contributed by atoms with Crippen LogP contribution >= 0.6 is 11.6 Å². The van der Waals surface area contributed by atoms with Crippen LogP contribution in [0.25, 0.3) is 10.8 Å². The molecular formula is C21H29ClN2O5S. The summed E-state index contributed by atoms with van der Waals surface area (Å²) in [5, 5.41) is 9.18. The number of carbonyl (C=O) groups excluding carboxylic acids is 1. The van der Waals surface area contributed by atoms with E-state index in [1.54, 1.807) is 46.0 Å². The number of aliphatic hydroxyl groups is 1. The fourth-order valence-corrected chi connectivity index (χ4v) is 5.58. The van der Waals surface area contributed by atoms with Crippen molar-refractivity contribution in [1.82, 2.24) is 9.88 Å². The van der Waals surface area contributed by atoms with E-state index in [2.05, 4.69) is 4.98 Å². The van der Waals surface area contributed by atoms with E-state index in [-0.39, 0.29) is 29.5 Å². The number of benzene rings is 1. The molecule has 0 fully saturated rings. The first kappa shape index (κ1) is 24.4. The Hall–Kier alpha value is -1.90. The molecule has 1 atom stereocenters. The molecule has 1 heterocycles. The lowest BCUT2D eigenvalue weighted by Gasteiger charge is -2.33. The van der Waals surface area contributed by atoms with E-state index in [0.717, 1.165) is 0 Å². The average Bonchev–Trinajstić information content (AvgIpc) is 2.65. The Morgan fingerprint density at radius 2 is 1.97 bits per heavy atom. The number of hydrogen-bond acceptors (Lipinski definition) is 6. The Balaban J connectivity index is 2.55. The largest absolute Gasteiger partial charge is 0.444 e. The van der Waals surface area contributed by atoms with Crippen molar-refractivity contribution in [2.75, 3.05) is 13.2 Å². The standard InChI is InChI=1S/C21H29ClN2O5S/c1-5-18(24(11-6-7-12-25)20(26)29-21(2,3)4)30(27,28)17-10-8-9-15-13-23-14-16(22)19(15)17/h8-10,13-14,18,25H,5-7,11-12H2,1-4H3/t18-/m0/s1. The smallest absolute Gasteiger partial charge is 0.411 e. The Morgan fingerprint density at radius 1 is 1.27 bits per heavy atom. The highest BCUT2D eigenvalue weighted by Crippen LogP contribution is 2.33. The minimum absolute atomic E-state index is 0.0440. The van der Waals surface area contributed by atoms with Crippen molar-refractivity contribution in [3.8, 4) is 0 Å². The number of nitrogens with zero attached hydrogens (tertiary/aromatic N) is 2. The number of carbonyl (C=O) groups is 1. The number of aromatic nitrogens is 1. The Bertz CT molecular complexity index is 983. The van der Waals surface area contributed by atoms with Crippen molar-refractivity contribution < 1.29 is 23.1 Å². The highest BCUT2D eigenvalue weighted by Gasteiger charge is 2.37. The molecule has 0 saturated carbocycles. The number of aliphatic hydroxyl groups excluding tert-OH is 1. The van der Waals surface area contributed by atoms with Crippen LogP contribution in [-0.4, -0.2) is 53.6 Å². The SMILES string of the molecule is CC[C@@H](N(CCCCO)C(=O)OC(C)(C)C)S(=O)(=O)c1cccc2cncc(Cl)c12. The van der Waals surface area contributed by atoms with Crippen molar-refractivity contribution in [1.29, 1.82) is 0 Å². The highest BCUT2D eigenvalue weighted by molar-refractivity contribution is 7.92. The van der Waals surface area contributed by atoms with Crippen molar-refractivity contribution in [2.24, 2.45) is 0 Å². The van der Waals surface area contributed by atoms with Gasteiger partial charge in [-0.05, 0) is 46.1 Å². The number of fused-ring (bicyclic) bond motifs is 1. The number of unbranched alkanes of at least 4 members (excludes halogenated alkanes) is 1. The molecule has 0 aliphatic heterocycles. The second-order valence-corrected chi connectivity index (χ2v) is 10.5. The summed E-state index contributed by atoms with van der Waals surface area (Å²) in [6.07, 6.45) is 3.30. The summed E-state index contributed by atoms with van der Waals surface area (Å²) >= 11 is 6.29. The third-order valence-corrected chi connectivity index (χ3v) is 7.04. The van der Waals surface area contributed by atoms with Crippen molar-refractivity contribution in [3.63, 3.8) is 0 Å². The van der Waals surface area contributed by atoms with Gasteiger partial charge >= 0.3 is 6.09 Å². The van der Waals surface area contributed by atoms with Gasteiger partial charge in [0.25, 0.3) is 0 Å². The van der Waals surface area contributed by atoms with E-state index in [1.165, 1.54) is 17.2 Å². The molecule has 9 heteroatoms. The lowest BCUT2D eigenvalue weighted by Crippen LogP contribution is -2.47. The first-order valence-corrected chi connectivity index (χ1v) is 11.8. The molecule has 1 aromatic heterocycles. The van der Waals surface area contributed by atoms with Gasteiger partial charge in [0.05, 0.1) is 9.92 Å². The van der Waals surface area contributed by atoms with Crippen molar-refractivity contribution >= 4 is 38.3 Å².